The van der Waals surface area contributed by atoms with Crippen molar-refractivity contribution in [3.63, 3.8) is 0 Å². The largest absolute Gasteiger partial charge is 0.493 e. The number of amides is 1. The average molecular weight is 412 g/mol. The van der Waals surface area contributed by atoms with Gasteiger partial charge in [0.15, 0.2) is 11.5 Å². The highest BCUT2D eigenvalue weighted by atomic mass is 35.5. The Morgan fingerprint density at radius 2 is 2.10 bits per heavy atom. The summed E-state index contributed by atoms with van der Waals surface area (Å²) in [6.45, 7) is 0.398. The van der Waals surface area contributed by atoms with Crippen LogP contribution in [0.3, 0.4) is 0 Å². The number of carbonyl (C=O) groups is 1. The molecule has 3 aromatic rings. The number of hydrogen-bond donors (Lipinski definition) is 1. The first-order chi connectivity index (χ1) is 14.0. The van der Waals surface area contributed by atoms with Gasteiger partial charge in [0.1, 0.15) is 6.61 Å². The van der Waals surface area contributed by atoms with E-state index in [1.165, 1.54) is 0 Å². The number of para-hydroxylation sites is 1. The first-order valence-corrected chi connectivity index (χ1v) is 9.76. The molecule has 1 aliphatic carbocycles. The molecule has 1 N–H and O–H groups in total. The van der Waals surface area contributed by atoms with Gasteiger partial charge in [0.2, 0.25) is 5.91 Å². The summed E-state index contributed by atoms with van der Waals surface area (Å²) >= 11 is 6.14. The standard InChI is InChI=1S/C22H22ClN3O3/c1-26-12-14(11-24-26)13-29-21-9-15(7-8-20(21)28-2)16-10-17(16)22(27)25-19-6-4-3-5-18(19)23/h3-9,11-12,16-17H,10,13H2,1-2H3,(H,25,27). The molecule has 0 saturated heterocycles. The van der Waals surface area contributed by atoms with Crippen LogP contribution in [0.2, 0.25) is 5.02 Å². The SMILES string of the molecule is COc1ccc(C2CC2C(=O)Nc2ccccc2Cl)cc1OCc1cnn(C)c1. The van der Waals surface area contributed by atoms with Crippen LogP contribution >= 0.6 is 11.6 Å². The molecule has 1 heterocycles. The highest BCUT2D eigenvalue weighted by Gasteiger charge is 2.44. The lowest BCUT2D eigenvalue weighted by atomic mass is 10.1. The van der Waals surface area contributed by atoms with Gasteiger partial charge < -0.3 is 14.8 Å². The fourth-order valence-corrected chi connectivity index (χ4v) is 3.57. The molecule has 2 unspecified atom stereocenters. The lowest BCUT2D eigenvalue weighted by Crippen LogP contribution is -2.14. The number of anilines is 1. The molecule has 4 rings (SSSR count). The molecule has 0 radical (unpaired) electrons. The fourth-order valence-electron chi connectivity index (χ4n) is 3.39. The number of nitrogens with one attached hydrogen (secondary N) is 1. The molecule has 2 atom stereocenters. The normalized spacial score (nSPS) is 17.6. The van der Waals surface area contributed by atoms with Crippen molar-refractivity contribution in [1.29, 1.82) is 0 Å². The number of ether oxygens (including phenoxy) is 2. The summed E-state index contributed by atoms with van der Waals surface area (Å²) in [5.41, 5.74) is 2.68. The second kappa shape index (κ2) is 8.17. The van der Waals surface area contributed by atoms with E-state index in [0.29, 0.717) is 28.8 Å². The summed E-state index contributed by atoms with van der Waals surface area (Å²) in [6.07, 6.45) is 4.48. The molecule has 1 fully saturated rings. The summed E-state index contributed by atoms with van der Waals surface area (Å²) in [5.74, 6) is 1.38. The molecular weight excluding hydrogens is 390 g/mol. The predicted octanol–water partition coefficient (Wildman–Crippen LogP) is 4.40. The Labute approximate surface area is 174 Å². The Hall–Kier alpha value is -2.99. The first-order valence-electron chi connectivity index (χ1n) is 9.39. The van der Waals surface area contributed by atoms with E-state index < -0.39 is 0 Å². The van der Waals surface area contributed by atoms with E-state index in [0.717, 1.165) is 17.5 Å². The van der Waals surface area contributed by atoms with Gasteiger partial charge >= 0.3 is 0 Å². The zero-order valence-corrected chi connectivity index (χ0v) is 17.0. The van der Waals surface area contributed by atoms with E-state index in [2.05, 4.69) is 10.4 Å². The second-order valence-electron chi connectivity index (χ2n) is 7.14. The number of aromatic nitrogens is 2. The molecule has 1 saturated carbocycles. The van der Waals surface area contributed by atoms with Crippen LogP contribution in [0.25, 0.3) is 0 Å². The molecule has 0 spiro atoms. The minimum atomic E-state index is -0.0779. The van der Waals surface area contributed by atoms with Gasteiger partial charge in [0, 0.05) is 24.7 Å². The molecule has 0 bridgehead atoms. The molecule has 1 aliphatic rings. The molecule has 7 heteroatoms. The number of benzene rings is 2. The van der Waals surface area contributed by atoms with Gasteiger partial charge in [-0.05, 0) is 42.2 Å². The zero-order chi connectivity index (χ0) is 20.4. The molecule has 0 aliphatic heterocycles. The highest BCUT2D eigenvalue weighted by molar-refractivity contribution is 6.33. The van der Waals surface area contributed by atoms with Crippen LogP contribution in [0, 0.1) is 5.92 Å². The Bertz CT molecular complexity index is 1030. The maximum absolute atomic E-state index is 12.6. The maximum Gasteiger partial charge on any atom is 0.228 e. The van der Waals surface area contributed by atoms with Crippen LogP contribution in [0.4, 0.5) is 5.69 Å². The Morgan fingerprint density at radius 3 is 2.83 bits per heavy atom. The van der Waals surface area contributed by atoms with Crippen LogP contribution in [-0.2, 0) is 18.4 Å². The second-order valence-corrected chi connectivity index (χ2v) is 7.55. The van der Waals surface area contributed by atoms with Gasteiger partial charge in [-0.15, -0.1) is 0 Å². The van der Waals surface area contributed by atoms with Crippen molar-refractivity contribution >= 4 is 23.2 Å². The van der Waals surface area contributed by atoms with Crippen molar-refractivity contribution in [3.05, 3.63) is 71.0 Å². The van der Waals surface area contributed by atoms with Crippen molar-refractivity contribution in [1.82, 2.24) is 9.78 Å². The van der Waals surface area contributed by atoms with Crippen LogP contribution in [0.5, 0.6) is 11.5 Å². The van der Waals surface area contributed by atoms with Crippen LogP contribution in [0.1, 0.15) is 23.5 Å². The van der Waals surface area contributed by atoms with E-state index in [1.54, 1.807) is 30.1 Å². The number of hydrogen-bond acceptors (Lipinski definition) is 4. The molecule has 29 heavy (non-hydrogen) atoms. The van der Waals surface area contributed by atoms with Crippen LogP contribution in [-0.4, -0.2) is 22.8 Å². The average Bonchev–Trinajstić information content (AvgIpc) is 3.42. The van der Waals surface area contributed by atoms with Gasteiger partial charge in [0.25, 0.3) is 0 Å². The van der Waals surface area contributed by atoms with E-state index in [-0.39, 0.29) is 17.7 Å². The summed E-state index contributed by atoms with van der Waals surface area (Å²) in [5, 5.41) is 7.61. The summed E-state index contributed by atoms with van der Waals surface area (Å²) in [4.78, 5) is 12.6. The third kappa shape index (κ3) is 4.38. The predicted molar refractivity (Wildman–Crippen MR) is 111 cm³/mol. The molecular formula is C22H22ClN3O3. The van der Waals surface area contributed by atoms with Crippen molar-refractivity contribution in [2.45, 2.75) is 18.9 Å². The molecule has 150 valence electrons. The summed E-state index contributed by atoms with van der Waals surface area (Å²) in [6, 6.07) is 13.1. The first kappa shape index (κ1) is 19.3. The van der Waals surface area contributed by atoms with Gasteiger partial charge in [-0.2, -0.15) is 5.10 Å². The van der Waals surface area contributed by atoms with E-state index >= 15 is 0 Å². The van der Waals surface area contributed by atoms with Gasteiger partial charge in [-0.1, -0.05) is 29.8 Å². The molecule has 2 aromatic carbocycles. The van der Waals surface area contributed by atoms with Crippen molar-refractivity contribution in [2.75, 3.05) is 12.4 Å². The van der Waals surface area contributed by atoms with E-state index in [4.69, 9.17) is 21.1 Å². The zero-order valence-electron chi connectivity index (χ0n) is 16.3. The van der Waals surface area contributed by atoms with E-state index in [9.17, 15) is 4.79 Å². The lowest BCUT2D eigenvalue weighted by Gasteiger charge is -2.12. The number of carbonyl (C=O) groups excluding carboxylic acids is 1. The third-order valence-electron chi connectivity index (χ3n) is 5.03. The minimum Gasteiger partial charge on any atom is -0.493 e. The van der Waals surface area contributed by atoms with Crippen LogP contribution in [0.15, 0.2) is 54.9 Å². The highest BCUT2D eigenvalue weighted by Crippen LogP contribution is 2.49. The van der Waals surface area contributed by atoms with Crippen LogP contribution < -0.4 is 14.8 Å². The molecule has 1 aromatic heterocycles. The van der Waals surface area contributed by atoms with Crippen molar-refractivity contribution in [2.24, 2.45) is 13.0 Å². The fraction of sp³-hybridized carbons (Fsp3) is 0.273. The van der Waals surface area contributed by atoms with E-state index in [1.807, 2.05) is 43.6 Å². The number of methoxy groups -OCH3 is 1. The maximum atomic E-state index is 12.6. The summed E-state index contributed by atoms with van der Waals surface area (Å²) in [7, 11) is 3.48. The Kier molecular flexibility index (Phi) is 5.45. The van der Waals surface area contributed by atoms with Crippen molar-refractivity contribution < 1.29 is 14.3 Å². The minimum absolute atomic E-state index is 0.0169. The summed E-state index contributed by atoms with van der Waals surface area (Å²) < 4.78 is 13.1. The number of nitrogens with zero attached hydrogens (tertiary/aromatic N) is 2. The van der Waals surface area contributed by atoms with Gasteiger partial charge in [0.05, 0.1) is 24.0 Å². The third-order valence-corrected chi connectivity index (χ3v) is 5.36. The quantitative estimate of drug-likeness (QED) is 0.625. The smallest absolute Gasteiger partial charge is 0.228 e. The Balaban J connectivity index is 1.43. The number of aryl methyl sites for hydroxylation is 1. The van der Waals surface area contributed by atoms with Crippen molar-refractivity contribution in [3.8, 4) is 11.5 Å². The molecule has 6 nitrogen and oxygen atoms in total. The monoisotopic (exact) mass is 411 g/mol. The van der Waals surface area contributed by atoms with Gasteiger partial charge in [-0.3, -0.25) is 9.48 Å². The Morgan fingerprint density at radius 1 is 1.28 bits per heavy atom. The van der Waals surface area contributed by atoms with Gasteiger partial charge in [-0.25, -0.2) is 0 Å². The lowest BCUT2D eigenvalue weighted by molar-refractivity contribution is -0.117. The topological polar surface area (TPSA) is 65.4 Å². The number of rotatable bonds is 7. The number of halogens is 1. The molecule has 1 amide bonds.